The van der Waals surface area contributed by atoms with E-state index in [9.17, 15) is 4.79 Å². The zero-order valence-electron chi connectivity index (χ0n) is 13.4. The van der Waals surface area contributed by atoms with E-state index in [1.807, 2.05) is 56.3 Å². The molecule has 0 unspecified atom stereocenters. The van der Waals surface area contributed by atoms with E-state index in [4.69, 9.17) is 4.42 Å². The molecule has 0 fully saturated rings. The van der Waals surface area contributed by atoms with Crippen molar-refractivity contribution in [2.24, 2.45) is 0 Å². The Morgan fingerprint density at radius 1 is 1.18 bits per heavy atom. The molecule has 22 heavy (non-hydrogen) atoms. The average Bonchev–Trinajstić information content (AvgIpc) is 3.02. The third-order valence-corrected chi connectivity index (χ3v) is 3.79. The summed E-state index contributed by atoms with van der Waals surface area (Å²) < 4.78 is 5.51. The number of nitrogens with one attached hydrogen (secondary N) is 2. The van der Waals surface area contributed by atoms with Gasteiger partial charge in [0.05, 0.1) is 18.8 Å². The van der Waals surface area contributed by atoms with Crippen molar-refractivity contribution in [3.63, 3.8) is 0 Å². The van der Waals surface area contributed by atoms with E-state index in [1.54, 1.807) is 6.26 Å². The molecule has 2 aromatic rings. The topological polar surface area (TPSA) is 54.3 Å². The molecule has 2 N–H and O–H groups in total. The summed E-state index contributed by atoms with van der Waals surface area (Å²) >= 11 is 0. The van der Waals surface area contributed by atoms with Crippen LogP contribution in [0.1, 0.15) is 44.6 Å². The van der Waals surface area contributed by atoms with Crippen molar-refractivity contribution in [3.05, 3.63) is 60.1 Å². The van der Waals surface area contributed by atoms with Crippen LogP contribution in [0.3, 0.4) is 0 Å². The van der Waals surface area contributed by atoms with E-state index >= 15 is 0 Å². The first-order valence-corrected chi connectivity index (χ1v) is 7.64. The van der Waals surface area contributed by atoms with Crippen LogP contribution in [-0.4, -0.2) is 18.0 Å². The third kappa shape index (κ3) is 4.46. The largest absolute Gasteiger partial charge is 0.467 e. The molecule has 0 aliphatic rings. The van der Waals surface area contributed by atoms with Crippen LogP contribution < -0.4 is 10.6 Å². The van der Waals surface area contributed by atoms with Crippen LogP contribution in [0.2, 0.25) is 0 Å². The van der Waals surface area contributed by atoms with Gasteiger partial charge in [-0.25, -0.2) is 0 Å². The van der Waals surface area contributed by atoms with Crippen molar-refractivity contribution in [3.8, 4) is 0 Å². The average molecular weight is 300 g/mol. The van der Waals surface area contributed by atoms with E-state index in [0.717, 1.165) is 17.7 Å². The van der Waals surface area contributed by atoms with Gasteiger partial charge in [0.2, 0.25) is 5.91 Å². The van der Waals surface area contributed by atoms with Crippen LogP contribution >= 0.6 is 0 Å². The zero-order valence-corrected chi connectivity index (χ0v) is 13.4. The van der Waals surface area contributed by atoms with Gasteiger partial charge in [0, 0.05) is 5.54 Å². The van der Waals surface area contributed by atoms with Crippen molar-refractivity contribution < 1.29 is 9.21 Å². The second-order valence-electron chi connectivity index (χ2n) is 6.03. The van der Waals surface area contributed by atoms with E-state index in [0.29, 0.717) is 0 Å². The monoisotopic (exact) mass is 300 g/mol. The molecule has 1 aromatic heterocycles. The Labute approximate surface area is 131 Å². The minimum absolute atomic E-state index is 0.0145. The standard InChI is InChI=1S/C18H24N2O2/c1-4-18(2,3)20-16(21)13-19-17(15-11-8-12-22-15)14-9-6-5-7-10-14/h5-12,17,19H,4,13H2,1-3H3,(H,20,21)/t17-/m0/s1. The summed E-state index contributed by atoms with van der Waals surface area (Å²) in [5.74, 6) is 0.785. The second kappa shape index (κ2) is 7.27. The van der Waals surface area contributed by atoms with Gasteiger partial charge in [0.15, 0.2) is 0 Å². The van der Waals surface area contributed by atoms with Crippen LogP contribution in [0, 0.1) is 0 Å². The lowest BCUT2D eigenvalue weighted by Crippen LogP contribution is -2.47. The number of furan rings is 1. The van der Waals surface area contributed by atoms with Crippen molar-refractivity contribution >= 4 is 5.91 Å². The molecular weight excluding hydrogens is 276 g/mol. The minimum atomic E-state index is -0.189. The molecule has 0 bridgehead atoms. The fraction of sp³-hybridized carbons (Fsp3) is 0.389. The highest BCUT2D eigenvalue weighted by molar-refractivity contribution is 5.78. The van der Waals surface area contributed by atoms with E-state index < -0.39 is 0 Å². The van der Waals surface area contributed by atoms with Gasteiger partial charge < -0.3 is 9.73 Å². The zero-order chi connectivity index (χ0) is 16.0. The van der Waals surface area contributed by atoms with E-state index in [-0.39, 0.29) is 24.0 Å². The van der Waals surface area contributed by atoms with Crippen LogP contribution in [0.25, 0.3) is 0 Å². The highest BCUT2D eigenvalue weighted by Gasteiger charge is 2.20. The fourth-order valence-electron chi connectivity index (χ4n) is 2.19. The SMILES string of the molecule is CCC(C)(C)NC(=O)CN[C@@H](c1ccccc1)c1ccco1. The summed E-state index contributed by atoms with van der Waals surface area (Å²) in [6.45, 7) is 6.34. The number of carbonyl (C=O) groups is 1. The molecule has 1 amide bonds. The second-order valence-corrected chi connectivity index (χ2v) is 6.03. The van der Waals surface area contributed by atoms with Gasteiger partial charge in [-0.2, -0.15) is 0 Å². The molecule has 0 spiro atoms. The van der Waals surface area contributed by atoms with Gasteiger partial charge in [0.1, 0.15) is 5.76 Å². The highest BCUT2D eigenvalue weighted by atomic mass is 16.3. The first-order valence-electron chi connectivity index (χ1n) is 7.64. The Balaban J connectivity index is 2.04. The minimum Gasteiger partial charge on any atom is -0.467 e. The summed E-state index contributed by atoms with van der Waals surface area (Å²) in [5, 5.41) is 6.31. The van der Waals surface area contributed by atoms with Gasteiger partial charge in [-0.05, 0) is 38.0 Å². The molecule has 0 saturated carbocycles. The van der Waals surface area contributed by atoms with Gasteiger partial charge >= 0.3 is 0 Å². The Bertz CT molecular complexity index is 576. The lowest BCUT2D eigenvalue weighted by molar-refractivity contribution is -0.121. The van der Waals surface area contributed by atoms with Crippen LogP contribution in [0.5, 0.6) is 0 Å². The summed E-state index contributed by atoms with van der Waals surface area (Å²) in [5.41, 5.74) is 0.881. The molecule has 4 nitrogen and oxygen atoms in total. The van der Waals surface area contributed by atoms with Gasteiger partial charge in [-0.1, -0.05) is 37.3 Å². The van der Waals surface area contributed by atoms with Gasteiger partial charge in [0.25, 0.3) is 0 Å². The van der Waals surface area contributed by atoms with Crippen molar-refractivity contribution in [2.75, 3.05) is 6.54 Å². The van der Waals surface area contributed by atoms with Crippen LogP contribution in [0.4, 0.5) is 0 Å². The molecular formula is C18H24N2O2. The van der Waals surface area contributed by atoms with Crippen molar-refractivity contribution in [1.82, 2.24) is 10.6 Å². The number of amides is 1. The molecule has 1 atom stereocenters. The lowest BCUT2D eigenvalue weighted by atomic mass is 10.0. The molecule has 1 heterocycles. The van der Waals surface area contributed by atoms with Gasteiger partial charge in [-0.15, -0.1) is 0 Å². The van der Waals surface area contributed by atoms with E-state index in [2.05, 4.69) is 17.6 Å². The molecule has 1 aromatic carbocycles. The highest BCUT2D eigenvalue weighted by Crippen LogP contribution is 2.22. The maximum absolute atomic E-state index is 12.1. The summed E-state index contributed by atoms with van der Waals surface area (Å²) in [6, 6.07) is 13.6. The molecule has 0 aliphatic carbocycles. The normalized spacial score (nSPS) is 12.9. The van der Waals surface area contributed by atoms with Crippen LogP contribution in [0.15, 0.2) is 53.1 Å². The Morgan fingerprint density at radius 2 is 1.91 bits per heavy atom. The third-order valence-electron chi connectivity index (χ3n) is 3.79. The molecule has 118 valence electrons. The summed E-state index contributed by atoms with van der Waals surface area (Å²) in [6.07, 6.45) is 2.53. The molecule has 0 aliphatic heterocycles. The molecule has 0 radical (unpaired) electrons. The molecule has 4 heteroatoms. The molecule has 2 rings (SSSR count). The number of hydrogen-bond donors (Lipinski definition) is 2. The number of benzene rings is 1. The number of carbonyl (C=O) groups excluding carboxylic acids is 1. The quantitative estimate of drug-likeness (QED) is 0.825. The fourth-order valence-corrected chi connectivity index (χ4v) is 2.19. The number of hydrogen-bond acceptors (Lipinski definition) is 3. The number of rotatable bonds is 7. The Morgan fingerprint density at radius 3 is 2.50 bits per heavy atom. The summed E-state index contributed by atoms with van der Waals surface area (Å²) in [7, 11) is 0. The predicted molar refractivity (Wildman–Crippen MR) is 87.5 cm³/mol. The maximum atomic E-state index is 12.1. The van der Waals surface area contributed by atoms with Crippen LogP contribution in [-0.2, 0) is 4.79 Å². The smallest absolute Gasteiger partial charge is 0.234 e. The van der Waals surface area contributed by atoms with E-state index in [1.165, 1.54) is 0 Å². The lowest BCUT2D eigenvalue weighted by Gasteiger charge is -2.25. The summed E-state index contributed by atoms with van der Waals surface area (Å²) in [4.78, 5) is 12.1. The first kappa shape index (κ1) is 16.3. The Kier molecular flexibility index (Phi) is 5.39. The maximum Gasteiger partial charge on any atom is 0.234 e. The van der Waals surface area contributed by atoms with Gasteiger partial charge in [-0.3, -0.25) is 10.1 Å². The Hall–Kier alpha value is -2.07. The van der Waals surface area contributed by atoms with Crippen molar-refractivity contribution in [2.45, 2.75) is 38.8 Å². The van der Waals surface area contributed by atoms with Crippen molar-refractivity contribution in [1.29, 1.82) is 0 Å². The predicted octanol–water partition coefficient (Wildman–Crippen LogP) is 3.26. The first-order chi connectivity index (χ1) is 10.5. The molecule has 0 saturated heterocycles.